The van der Waals surface area contributed by atoms with Gasteiger partial charge in [0.1, 0.15) is 12.1 Å². The standard InChI is InChI=1S/C7H13O2P.C7H14O.C6H6.C4H8O.C2H6/c1-5(3-4-10)7(9)6(2)8;1-3-4-5-6-7(2)8;1-2-4-6-5-3-1;1-2-3-4-5;1-2/h5H,3-4,10H2,1-2H3;3-6H2,1-2H3;1-6H;4H,2-3H2,1H3;1-2H3. The van der Waals surface area contributed by atoms with Crippen LogP contribution >= 0.6 is 9.24 Å². The monoisotopic (exact) mass is 454 g/mol. The summed E-state index contributed by atoms with van der Waals surface area (Å²) in [6.07, 6.45) is 8.51. The van der Waals surface area contributed by atoms with Crippen LogP contribution in [-0.4, -0.2) is 29.8 Å². The van der Waals surface area contributed by atoms with Crippen LogP contribution in [-0.2, 0) is 19.2 Å². The first kappa shape index (κ1) is 36.7. The van der Waals surface area contributed by atoms with Gasteiger partial charge in [-0.25, -0.2) is 0 Å². The third kappa shape index (κ3) is 39.4. The van der Waals surface area contributed by atoms with E-state index in [-0.39, 0.29) is 17.5 Å². The number of hydrogen-bond donors (Lipinski definition) is 0. The van der Waals surface area contributed by atoms with Crippen LogP contribution in [0.2, 0.25) is 0 Å². The van der Waals surface area contributed by atoms with Crippen LogP contribution in [0.5, 0.6) is 0 Å². The Hall–Kier alpha value is -1.67. The molecule has 0 bridgehead atoms. The van der Waals surface area contributed by atoms with E-state index in [1.807, 2.05) is 57.2 Å². The molecular formula is C26H47O4P. The topological polar surface area (TPSA) is 68.3 Å². The first-order valence-corrected chi connectivity index (χ1v) is 12.3. The summed E-state index contributed by atoms with van der Waals surface area (Å²) in [6, 6.07) is 12.0. The van der Waals surface area contributed by atoms with E-state index in [4.69, 9.17) is 0 Å². The fraction of sp³-hybridized carbons (Fsp3) is 0.615. The SMILES string of the molecule is CC.CC(=O)C(=O)C(C)CCP.CCCC=O.CCCCCC(C)=O.c1ccccc1. The van der Waals surface area contributed by atoms with E-state index < -0.39 is 0 Å². The summed E-state index contributed by atoms with van der Waals surface area (Å²) in [5.41, 5.74) is 0. The third-order valence-corrected chi connectivity index (χ3v) is 3.93. The molecule has 0 aliphatic rings. The Morgan fingerprint density at radius 2 is 1.32 bits per heavy atom. The normalized spacial score (nSPS) is 9.42. The third-order valence-electron chi connectivity index (χ3n) is 3.60. The lowest BCUT2D eigenvalue weighted by Crippen LogP contribution is -2.18. The van der Waals surface area contributed by atoms with E-state index >= 15 is 0 Å². The molecule has 0 saturated heterocycles. The number of ketones is 3. The molecule has 0 radical (unpaired) electrons. The maximum atomic E-state index is 10.9. The van der Waals surface area contributed by atoms with Gasteiger partial charge >= 0.3 is 0 Å². The quantitative estimate of drug-likeness (QED) is 0.167. The van der Waals surface area contributed by atoms with E-state index in [1.165, 1.54) is 19.8 Å². The van der Waals surface area contributed by atoms with Gasteiger partial charge < -0.3 is 9.59 Å². The molecule has 31 heavy (non-hydrogen) atoms. The van der Waals surface area contributed by atoms with Gasteiger partial charge in [-0.2, -0.15) is 0 Å². The fourth-order valence-corrected chi connectivity index (χ4v) is 2.35. The number of hydrogen-bond acceptors (Lipinski definition) is 4. The van der Waals surface area contributed by atoms with Gasteiger partial charge in [-0.1, -0.05) is 83.9 Å². The summed E-state index contributed by atoms with van der Waals surface area (Å²) in [4.78, 5) is 41.1. The zero-order valence-electron chi connectivity index (χ0n) is 21.0. The number of unbranched alkanes of at least 4 members (excludes halogenated alkanes) is 3. The number of carbonyl (C=O) groups is 4. The van der Waals surface area contributed by atoms with Crippen molar-refractivity contribution in [3.05, 3.63) is 36.4 Å². The zero-order chi connectivity index (χ0) is 24.9. The van der Waals surface area contributed by atoms with E-state index in [0.717, 1.165) is 38.1 Å². The van der Waals surface area contributed by atoms with Gasteiger partial charge in [0, 0.05) is 25.7 Å². The Morgan fingerprint density at radius 3 is 1.55 bits per heavy atom. The van der Waals surface area contributed by atoms with Crippen molar-refractivity contribution < 1.29 is 19.2 Å². The molecule has 1 aromatic carbocycles. The van der Waals surface area contributed by atoms with E-state index in [1.54, 1.807) is 13.8 Å². The molecule has 180 valence electrons. The Morgan fingerprint density at radius 1 is 0.871 bits per heavy atom. The molecule has 2 atom stereocenters. The van der Waals surface area contributed by atoms with Crippen molar-refractivity contribution in [2.75, 3.05) is 6.16 Å². The summed E-state index contributed by atoms with van der Waals surface area (Å²) >= 11 is 0. The van der Waals surface area contributed by atoms with Crippen LogP contribution in [0.15, 0.2) is 36.4 Å². The van der Waals surface area contributed by atoms with Gasteiger partial charge in [-0.05, 0) is 32.3 Å². The molecule has 2 unspecified atom stereocenters. The smallest absolute Gasteiger partial charge is 0.200 e. The lowest BCUT2D eigenvalue weighted by atomic mass is 10.0. The summed E-state index contributed by atoms with van der Waals surface area (Å²) < 4.78 is 0. The maximum Gasteiger partial charge on any atom is 0.200 e. The van der Waals surface area contributed by atoms with Gasteiger partial charge in [0.2, 0.25) is 5.78 Å². The Bertz CT molecular complexity index is 489. The van der Waals surface area contributed by atoms with Crippen molar-refractivity contribution in [3.8, 4) is 0 Å². The average Bonchev–Trinajstić information content (AvgIpc) is 2.78. The molecule has 0 aliphatic carbocycles. The second-order valence-electron chi connectivity index (χ2n) is 6.67. The molecule has 0 aliphatic heterocycles. The van der Waals surface area contributed by atoms with Gasteiger partial charge in [0.15, 0.2) is 5.78 Å². The summed E-state index contributed by atoms with van der Waals surface area (Å²) in [7, 11) is 2.54. The predicted octanol–water partition coefficient (Wildman–Crippen LogP) is 6.90. The molecule has 0 spiro atoms. The highest BCUT2D eigenvalue weighted by Gasteiger charge is 2.15. The summed E-state index contributed by atoms with van der Waals surface area (Å²) in [5.74, 6) is -0.359. The van der Waals surface area contributed by atoms with Crippen LogP contribution in [0.4, 0.5) is 0 Å². The molecule has 0 amide bonds. The van der Waals surface area contributed by atoms with E-state index in [9.17, 15) is 19.2 Å². The molecule has 5 heteroatoms. The largest absolute Gasteiger partial charge is 0.303 e. The Labute approximate surface area is 194 Å². The molecule has 0 heterocycles. The summed E-state index contributed by atoms with van der Waals surface area (Å²) in [5, 5.41) is 0. The molecule has 0 fully saturated rings. The Kier molecular flexibility index (Phi) is 39.0. The van der Waals surface area contributed by atoms with Crippen molar-refractivity contribution in [1.82, 2.24) is 0 Å². The highest BCUT2D eigenvalue weighted by molar-refractivity contribution is 7.16. The molecule has 0 saturated carbocycles. The molecular weight excluding hydrogens is 407 g/mol. The second-order valence-corrected chi connectivity index (χ2v) is 7.25. The molecule has 4 nitrogen and oxygen atoms in total. The minimum atomic E-state index is -0.328. The van der Waals surface area contributed by atoms with Crippen molar-refractivity contribution in [3.63, 3.8) is 0 Å². The van der Waals surface area contributed by atoms with Crippen LogP contribution in [0.1, 0.15) is 93.4 Å². The first-order valence-electron chi connectivity index (χ1n) is 11.5. The lowest BCUT2D eigenvalue weighted by molar-refractivity contribution is -0.137. The molecule has 1 rings (SSSR count). The van der Waals surface area contributed by atoms with Crippen LogP contribution in [0.25, 0.3) is 0 Å². The zero-order valence-corrected chi connectivity index (χ0v) is 22.1. The number of Topliss-reactive ketones (excluding diaryl/α,β-unsaturated/α-hetero) is 3. The number of aldehydes is 1. The highest BCUT2D eigenvalue weighted by Crippen LogP contribution is 2.05. The van der Waals surface area contributed by atoms with Crippen LogP contribution in [0.3, 0.4) is 0 Å². The number of carbonyl (C=O) groups excluding carboxylic acids is 4. The minimum Gasteiger partial charge on any atom is -0.303 e. The second kappa shape index (κ2) is 33.0. The Balaban J connectivity index is -0.000000157. The first-order chi connectivity index (χ1) is 14.8. The van der Waals surface area contributed by atoms with Gasteiger partial charge in [0.05, 0.1) is 0 Å². The lowest BCUT2D eigenvalue weighted by Gasteiger charge is -2.03. The molecule has 1 aromatic rings. The minimum absolute atomic E-state index is 0.102. The van der Waals surface area contributed by atoms with Crippen LogP contribution in [0, 0.1) is 5.92 Å². The van der Waals surface area contributed by atoms with Gasteiger partial charge in [-0.3, -0.25) is 9.59 Å². The van der Waals surface area contributed by atoms with Crippen molar-refractivity contribution in [2.45, 2.75) is 93.4 Å². The van der Waals surface area contributed by atoms with Gasteiger partial charge in [-0.15, -0.1) is 9.24 Å². The molecule has 0 aromatic heterocycles. The van der Waals surface area contributed by atoms with E-state index in [0.29, 0.717) is 12.2 Å². The highest BCUT2D eigenvalue weighted by atomic mass is 31.0. The van der Waals surface area contributed by atoms with Crippen molar-refractivity contribution in [1.29, 1.82) is 0 Å². The van der Waals surface area contributed by atoms with Crippen LogP contribution < -0.4 is 0 Å². The number of benzene rings is 1. The maximum absolute atomic E-state index is 10.9. The fourth-order valence-electron chi connectivity index (χ4n) is 1.85. The van der Waals surface area contributed by atoms with Gasteiger partial charge in [0.25, 0.3) is 0 Å². The summed E-state index contributed by atoms with van der Waals surface area (Å²) in [6.45, 7) is 12.9. The molecule has 0 N–H and O–H groups in total. The van der Waals surface area contributed by atoms with E-state index in [2.05, 4.69) is 16.2 Å². The average molecular weight is 455 g/mol. The predicted molar refractivity (Wildman–Crippen MR) is 138 cm³/mol. The van der Waals surface area contributed by atoms with Crippen molar-refractivity contribution in [2.24, 2.45) is 5.92 Å². The van der Waals surface area contributed by atoms with Crippen molar-refractivity contribution >= 4 is 32.9 Å². The number of rotatable bonds is 10.